The summed E-state index contributed by atoms with van der Waals surface area (Å²) < 4.78 is 0. The van der Waals surface area contributed by atoms with Gasteiger partial charge in [-0.05, 0) is 35.9 Å². The molecule has 0 aliphatic rings. The fourth-order valence-electron chi connectivity index (χ4n) is 1.84. The number of nitrogens with zero attached hydrogens (tertiary/aromatic N) is 1. The predicted molar refractivity (Wildman–Crippen MR) is 78.1 cm³/mol. The number of nitrogens with two attached hydrogens (primary N) is 1. The van der Waals surface area contributed by atoms with Crippen LogP contribution in [0.25, 0.3) is 0 Å². The monoisotopic (exact) mass is 274 g/mol. The van der Waals surface area contributed by atoms with Gasteiger partial charge in [-0.2, -0.15) is 0 Å². The number of rotatable bonds is 3. The molecule has 0 atom stereocenters. The van der Waals surface area contributed by atoms with Gasteiger partial charge in [-0.25, -0.2) is 0 Å². The fraction of sp³-hybridized carbons (Fsp3) is 0.133. The molecule has 0 saturated carbocycles. The Hall–Kier alpha value is -2.00. The lowest BCUT2D eigenvalue weighted by Gasteiger charge is -2.18. The Morgan fingerprint density at radius 1 is 1.21 bits per heavy atom. The predicted octanol–water partition coefficient (Wildman–Crippen LogP) is 3.19. The molecule has 1 amide bonds. The highest BCUT2D eigenvalue weighted by atomic mass is 35.5. The van der Waals surface area contributed by atoms with E-state index in [1.807, 2.05) is 18.2 Å². The Kier molecular flexibility index (Phi) is 4.07. The van der Waals surface area contributed by atoms with E-state index in [1.54, 1.807) is 42.3 Å². The molecule has 0 heterocycles. The number of carbonyl (C=O) groups is 1. The summed E-state index contributed by atoms with van der Waals surface area (Å²) in [7, 11) is 1.74. The van der Waals surface area contributed by atoms with Crippen LogP contribution in [0.1, 0.15) is 15.9 Å². The third-order valence-electron chi connectivity index (χ3n) is 2.84. The van der Waals surface area contributed by atoms with Crippen molar-refractivity contribution in [1.82, 2.24) is 4.90 Å². The van der Waals surface area contributed by atoms with E-state index < -0.39 is 0 Å². The molecule has 2 aromatic carbocycles. The van der Waals surface area contributed by atoms with E-state index in [1.165, 1.54) is 0 Å². The van der Waals surface area contributed by atoms with Crippen molar-refractivity contribution in [3.8, 4) is 0 Å². The van der Waals surface area contributed by atoms with Crippen LogP contribution in [0.5, 0.6) is 0 Å². The molecule has 0 aliphatic carbocycles. The van der Waals surface area contributed by atoms with Gasteiger partial charge in [-0.15, -0.1) is 0 Å². The number of hydrogen-bond acceptors (Lipinski definition) is 2. The van der Waals surface area contributed by atoms with Gasteiger partial charge < -0.3 is 10.6 Å². The van der Waals surface area contributed by atoms with Crippen molar-refractivity contribution in [2.45, 2.75) is 6.54 Å². The number of benzene rings is 2. The maximum absolute atomic E-state index is 12.2. The Labute approximate surface area is 117 Å². The summed E-state index contributed by atoms with van der Waals surface area (Å²) in [6.45, 7) is 0.428. The minimum atomic E-state index is -0.0425. The minimum Gasteiger partial charge on any atom is -0.399 e. The normalized spacial score (nSPS) is 10.2. The number of carbonyl (C=O) groups excluding carboxylic acids is 1. The van der Waals surface area contributed by atoms with Gasteiger partial charge >= 0.3 is 0 Å². The van der Waals surface area contributed by atoms with E-state index in [4.69, 9.17) is 17.3 Å². The number of nitrogen functional groups attached to an aromatic ring is 1. The lowest BCUT2D eigenvalue weighted by atomic mass is 10.1. The van der Waals surface area contributed by atoms with Gasteiger partial charge in [0, 0.05) is 29.9 Å². The summed E-state index contributed by atoms with van der Waals surface area (Å²) >= 11 is 6.10. The Morgan fingerprint density at radius 2 is 1.89 bits per heavy atom. The fourth-order valence-corrected chi connectivity index (χ4v) is 2.02. The Balaban J connectivity index is 2.15. The first-order valence-corrected chi connectivity index (χ1v) is 6.30. The third-order valence-corrected chi connectivity index (χ3v) is 3.21. The van der Waals surface area contributed by atoms with Crippen molar-refractivity contribution in [1.29, 1.82) is 0 Å². The molecule has 2 rings (SSSR count). The van der Waals surface area contributed by atoms with Crippen LogP contribution in [0.3, 0.4) is 0 Å². The van der Waals surface area contributed by atoms with Crippen LogP contribution in [0.15, 0.2) is 48.5 Å². The molecule has 0 saturated heterocycles. The first-order chi connectivity index (χ1) is 9.08. The van der Waals surface area contributed by atoms with Crippen LogP contribution in [-0.2, 0) is 6.54 Å². The summed E-state index contributed by atoms with van der Waals surface area (Å²) in [6, 6.07) is 14.4. The molecule has 4 heteroatoms. The second kappa shape index (κ2) is 5.76. The van der Waals surface area contributed by atoms with Gasteiger partial charge in [0.1, 0.15) is 0 Å². The summed E-state index contributed by atoms with van der Waals surface area (Å²) in [5.74, 6) is -0.0425. The second-order valence-electron chi connectivity index (χ2n) is 4.38. The molecular formula is C15H15ClN2O. The highest BCUT2D eigenvalue weighted by Crippen LogP contribution is 2.20. The molecule has 0 aliphatic heterocycles. The number of anilines is 1. The molecule has 0 aromatic heterocycles. The van der Waals surface area contributed by atoms with Crippen LogP contribution in [-0.4, -0.2) is 17.9 Å². The van der Waals surface area contributed by atoms with Crippen molar-refractivity contribution < 1.29 is 4.79 Å². The zero-order chi connectivity index (χ0) is 13.8. The molecule has 0 bridgehead atoms. The molecule has 2 aromatic rings. The Morgan fingerprint density at radius 3 is 2.58 bits per heavy atom. The van der Waals surface area contributed by atoms with Crippen LogP contribution in [0, 0.1) is 0 Å². The second-order valence-corrected chi connectivity index (χ2v) is 4.79. The maximum Gasteiger partial charge on any atom is 0.253 e. The molecule has 0 unspecified atom stereocenters. The van der Waals surface area contributed by atoms with Crippen LogP contribution < -0.4 is 5.73 Å². The van der Waals surface area contributed by atoms with E-state index in [9.17, 15) is 4.79 Å². The van der Waals surface area contributed by atoms with Gasteiger partial charge in [0.25, 0.3) is 5.91 Å². The van der Waals surface area contributed by atoms with Crippen molar-refractivity contribution in [3.63, 3.8) is 0 Å². The standard InChI is InChI=1S/C15H15ClN2O/c1-18(15(19)11-5-3-2-4-6-11)10-12-9-13(17)7-8-14(12)16/h2-9H,10,17H2,1H3. The first-order valence-electron chi connectivity index (χ1n) is 5.92. The molecule has 0 radical (unpaired) electrons. The highest BCUT2D eigenvalue weighted by Gasteiger charge is 2.13. The quantitative estimate of drug-likeness (QED) is 0.874. The molecule has 19 heavy (non-hydrogen) atoms. The number of amides is 1. The molecule has 0 spiro atoms. The van der Waals surface area contributed by atoms with Gasteiger partial charge in [0.05, 0.1) is 0 Å². The largest absolute Gasteiger partial charge is 0.399 e. The van der Waals surface area contributed by atoms with Gasteiger partial charge in [-0.3, -0.25) is 4.79 Å². The lowest BCUT2D eigenvalue weighted by molar-refractivity contribution is 0.0785. The average Bonchev–Trinajstić information content (AvgIpc) is 2.43. The van der Waals surface area contributed by atoms with Crippen molar-refractivity contribution in [2.24, 2.45) is 0 Å². The smallest absolute Gasteiger partial charge is 0.253 e. The van der Waals surface area contributed by atoms with Gasteiger partial charge in [-0.1, -0.05) is 29.8 Å². The summed E-state index contributed by atoms with van der Waals surface area (Å²) in [6.07, 6.45) is 0. The first kappa shape index (κ1) is 13.4. The molecular weight excluding hydrogens is 260 g/mol. The Bertz CT molecular complexity index is 584. The minimum absolute atomic E-state index is 0.0425. The van der Waals surface area contributed by atoms with Gasteiger partial charge in [0.2, 0.25) is 0 Å². The van der Waals surface area contributed by atoms with Crippen LogP contribution >= 0.6 is 11.6 Å². The van der Waals surface area contributed by atoms with Crippen molar-refractivity contribution in [2.75, 3.05) is 12.8 Å². The summed E-state index contributed by atoms with van der Waals surface area (Å²) in [5, 5.41) is 0.613. The number of hydrogen-bond donors (Lipinski definition) is 1. The zero-order valence-corrected chi connectivity index (χ0v) is 11.4. The van der Waals surface area contributed by atoms with Gasteiger partial charge in [0.15, 0.2) is 0 Å². The summed E-state index contributed by atoms with van der Waals surface area (Å²) in [4.78, 5) is 13.8. The molecule has 0 fully saturated rings. The average molecular weight is 275 g/mol. The third kappa shape index (κ3) is 3.26. The summed E-state index contributed by atoms with van der Waals surface area (Å²) in [5.41, 5.74) is 7.87. The maximum atomic E-state index is 12.2. The lowest BCUT2D eigenvalue weighted by Crippen LogP contribution is -2.26. The number of halogens is 1. The van der Waals surface area contributed by atoms with E-state index >= 15 is 0 Å². The van der Waals surface area contributed by atoms with E-state index in [-0.39, 0.29) is 5.91 Å². The van der Waals surface area contributed by atoms with Crippen LogP contribution in [0.2, 0.25) is 5.02 Å². The van der Waals surface area contributed by atoms with E-state index in [0.29, 0.717) is 22.8 Å². The molecule has 3 nitrogen and oxygen atoms in total. The zero-order valence-electron chi connectivity index (χ0n) is 10.6. The van der Waals surface area contributed by atoms with Crippen molar-refractivity contribution in [3.05, 3.63) is 64.7 Å². The van der Waals surface area contributed by atoms with Crippen molar-refractivity contribution >= 4 is 23.2 Å². The SMILES string of the molecule is CN(Cc1cc(N)ccc1Cl)C(=O)c1ccccc1. The molecule has 98 valence electrons. The topological polar surface area (TPSA) is 46.3 Å². The highest BCUT2D eigenvalue weighted by molar-refractivity contribution is 6.31. The van der Waals surface area contributed by atoms with Crippen LogP contribution in [0.4, 0.5) is 5.69 Å². The van der Waals surface area contributed by atoms with E-state index in [0.717, 1.165) is 5.56 Å². The molecule has 2 N–H and O–H groups in total. The van der Waals surface area contributed by atoms with E-state index in [2.05, 4.69) is 0 Å².